The Balaban J connectivity index is 3.62. The molecule has 0 heterocycles. The Labute approximate surface area is 99.7 Å². The molecular formula is C13H27NO2. The second-order valence-electron chi connectivity index (χ2n) is 5.66. The number of hydrogen-bond donors (Lipinski definition) is 1. The Bertz CT molecular complexity index is 197. The summed E-state index contributed by atoms with van der Waals surface area (Å²) in [5.74, 6) is -0.159. The van der Waals surface area contributed by atoms with Crippen molar-refractivity contribution >= 4 is 5.97 Å². The van der Waals surface area contributed by atoms with Gasteiger partial charge in [0, 0.05) is 6.04 Å². The average molecular weight is 229 g/mol. The minimum absolute atomic E-state index is 0.0846. The number of rotatable bonds is 7. The molecule has 96 valence electrons. The van der Waals surface area contributed by atoms with Gasteiger partial charge in [0.25, 0.3) is 0 Å². The molecule has 0 fully saturated rings. The van der Waals surface area contributed by atoms with Crippen molar-refractivity contribution in [2.24, 2.45) is 11.1 Å². The first kappa shape index (κ1) is 15.4. The van der Waals surface area contributed by atoms with Gasteiger partial charge in [-0.25, -0.2) is 0 Å². The summed E-state index contributed by atoms with van der Waals surface area (Å²) in [6, 6.07) is -0.0846. The second-order valence-corrected chi connectivity index (χ2v) is 5.66. The van der Waals surface area contributed by atoms with Crippen LogP contribution < -0.4 is 5.73 Å². The minimum Gasteiger partial charge on any atom is -0.466 e. The van der Waals surface area contributed by atoms with Crippen LogP contribution in [0.3, 0.4) is 0 Å². The van der Waals surface area contributed by atoms with Crippen LogP contribution in [0, 0.1) is 5.41 Å². The van der Waals surface area contributed by atoms with Gasteiger partial charge in [0.2, 0.25) is 0 Å². The van der Waals surface area contributed by atoms with Gasteiger partial charge in [0.1, 0.15) is 0 Å². The zero-order valence-corrected chi connectivity index (χ0v) is 11.2. The summed E-state index contributed by atoms with van der Waals surface area (Å²) in [5.41, 5.74) is 6.06. The normalized spacial score (nSPS) is 13.6. The fourth-order valence-electron chi connectivity index (χ4n) is 1.67. The van der Waals surface area contributed by atoms with Crippen molar-refractivity contribution in [3.05, 3.63) is 0 Å². The van der Waals surface area contributed by atoms with Crippen LogP contribution >= 0.6 is 0 Å². The lowest BCUT2D eigenvalue weighted by molar-refractivity contribution is -0.144. The first-order valence-electron chi connectivity index (χ1n) is 6.26. The van der Waals surface area contributed by atoms with Crippen molar-refractivity contribution in [1.29, 1.82) is 0 Å². The number of hydrogen-bond acceptors (Lipinski definition) is 3. The van der Waals surface area contributed by atoms with Crippen molar-refractivity contribution in [2.45, 2.75) is 65.8 Å². The van der Waals surface area contributed by atoms with E-state index in [2.05, 4.69) is 27.7 Å². The third-order valence-electron chi connectivity index (χ3n) is 2.31. The van der Waals surface area contributed by atoms with Crippen molar-refractivity contribution in [3.8, 4) is 0 Å². The molecule has 1 atom stereocenters. The molecule has 0 radical (unpaired) electrons. The van der Waals surface area contributed by atoms with Crippen LogP contribution in [0.4, 0.5) is 0 Å². The molecular weight excluding hydrogens is 202 g/mol. The van der Waals surface area contributed by atoms with Gasteiger partial charge in [-0.3, -0.25) is 4.79 Å². The predicted octanol–water partition coefficient (Wildman–Crippen LogP) is 2.87. The monoisotopic (exact) mass is 229 g/mol. The summed E-state index contributed by atoms with van der Waals surface area (Å²) in [6.07, 6.45) is 4.39. The molecule has 0 aliphatic carbocycles. The zero-order valence-electron chi connectivity index (χ0n) is 11.2. The molecule has 2 N–H and O–H groups in total. The van der Waals surface area contributed by atoms with Gasteiger partial charge in [-0.2, -0.15) is 0 Å². The van der Waals surface area contributed by atoms with Gasteiger partial charge in [0.15, 0.2) is 0 Å². The molecule has 0 bridgehead atoms. The number of nitrogens with two attached hydrogens (primary N) is 1. The first-order chi connectivity index (χ1) is 7.35. The van der Waals surface area contributed by atoms with Crippen LogP contribution in [0.15, 0.2) is 0 Å². The maximum Gasteiger partial charge on any atom is 0.307 e. The third-order valence-corrected chi connectivity index (χ3v) is 2.31. The van der Waals surface area contributed by atoms with E-state index >= 15 is 0 Å². The van der Waals surface area contributed by atoms with Gasteiger partial charge in [-0.05, 0) is 18.3 Å². The molecule has 3 heteroatoms. The highest BCUT2D eigenvalue weighted by Crippen LogP contribution is 2.21. The van der Waals surface area contributed by atoms with Crippen LogP contribution in [-0.2, 0) is 9.53 Å². The molecule has 0 aliphatic heterocycles. The van der Waals surface area contributed by atoms with E-state index in [1.165, 1.54) is 0 Å². The SMILES string of the molecule is CCCCCOC(=O)CC(N)CC(C)(C)C. The van der Waals surface area contributed by atoms with Gasteiger partial charge in [-0.15, -0.1) is 0 Å². The van der Waals surface area contributed by atoms with Gasteiger partial charge in [-0.1, -0.05) is 40.5 Å². The maximum absolute atomic E-state index is 11.4. The van der Waals surface area contributed by atoms with E-state index in [1.807, 2.05) is 0 Å². The average Bonchev–Trinajstić information content (AvgIpc) is 2.09. The highest BCUT2D eigenvalue weighted by molar-refractivity contribution is 5.70. The molecule has 0 rings (SSSR count). The molecule has 0 aromatic heterocycles. The first-order valence-corrected chi connectivity index (χ1v) is 6.26. The summed E-state index contributed by atoms with van der Waals surface area (Å²) in [6.45, 7) is 9.04. The Morgan fingerprint density at radius 2 is 1.94 bits per heavy atom. The summed E-state index contributed by atoms with van der Waals surface area (Å²) in [5, 5.41) is 0. The van der Waals surface area contributed by atoms with Gasteiger partial charge < -0.3 is 10.5 Å². The molecule has 0 aromatic rings. The number of unbranched alkanes of at least 4 members (excludes halogenated alkanes) is 2. The third kappa shape index (κ3) is 9.97. The molecule has 0 saturated carbocycles. The largest absolute Gasteiger partial charge is 0.466 e. The molecule has 3 nitrogen and oxygen atoms in total. The van der Waals surface area contributed by atoms with Crippen molar-refractivity contribution in [2.75, 3.05) is 6.61 Å². The summed E-state index contributed by atoms with van der Waals surface area (Å²) < 4.78 is 5.11. The Hall–Kier alpha value is -0.570. The topological polar surface area (TPSA) is 52.3 Å². The van der Waals surface area contributed by atoms with Gasteiger partial charge in [0.05, 0.1) is 13.0 Å². The van der Waals surface area contributed by atoms with E-state index < -0.39 is 0 Å². The van der Waals surface area contributed by atoms with E-state index in [9.17, 15) is 4.79 Å². The van der Waals surface area contributed by atoms with E-state index in [4.69, 9.17) is 10.5 Å². The number of ether oxygens (including phenoxy) is 1. The lowest BCUT2D eigenvalue weighted by atomic mass is 9.87. The van der Waals surface area contributed by atoms with Crippen LogP contribution in [-0.4, -0.2) is 18.6 Å². The minimum atomic E-state index is -0.159. The lowest BCUT2D eigenvalue weighted by Gasteiger charge is -2.22. The van der Waals surface area contributed by atoms with E-state index in [0.717, 1.165) is 25.7 Å². The summed E-state index contributed by atoms with van der Waals surface area (Å²) >= 11 is 0. The van der Waals surface area contributed by atoms with Crippen LogP contribution in [0.25, 0.3) is 0 Å². The number of carbonyl (C=O) groups excluding carboxylic acids is 1. The molecule has 1 unspecified atom stereocenters. The molecule has 0 aliphatic rings. The van der Waals surface area contributed by atoms with Crippen molar-refractivity contribution < 1.29 is 9.53 Å². The molecule has 0 spiro atoms. The smallest absolute Gasteiger partial charge is 0.307 e. The van der Waals surface area contributed by atoms with Crippen molar-refractivity contribution in [3.63, 3.8) is 0 Å². The standard InChI is InChI=1S/C13H27NO2/c1-5-6-7-8-16-12(15)9-11(14)10-13(2,3)4/h11H,5-10,14H2,1-4H3. The number of esters is 1. The Morgan fingerprint density at radius 1 is 1.31 bits per heavy atom. The van der Waals surface area contributed by atoms with Crippen LogP contribution in [0.5, 0.6) is 0 Å². The van der Waals surface area contributed by atoms with Crippen LogP contribution in [0.1, 0.15) is 59.8 Å². The lowest BCUT2D eigenvalue weighted by Crippen LogP contribution is -2.29. The highest BCUT2D eigenvalue weighted by Gasteiger charge is 2.18. The van der Waals surface area contributed by atoms with Gasteiger partial charge >= 0.3 is 5.97 Å². The van der Waals surface area contributed by atoms with E-state index in [0.29, 0.717) is 13.0 Å². The molecule has 0 saturated heterocycles. The van der Waals surface area contributed by atoms with Crippen molar-refractivity contribution in [1.82, 2.24) is 0 Å². The Kier molecular flexibility index (Phi) is 7.39. The molecule has 0 amide bonds. The quantitative estimate of drug-likeness (QED) is 0.539. The predicted molar refractivity (Wildman–Crippen MR) is 67.1 cm³/mol. The summed E-state index contributed by atoms with van der Waals surface area (Å²) in [4.78, 5) is 11.4. The molecule has 0 aromatic carbocycles. The second kappa shape index (κ2) is 7.66. The number of carbonyl (C=O) groups is 1. The zero-order chi connectivity index (χ0) is 12.6. The summed E-state index contributed by atoms with van der Waals surface area (Å²) in [7, 11) is 0. The highest BCUT2D eigenvalue weighted by atomic mass is 16.5. The van der Waals surface area contributed by atoms with E-state index in [-0.39, 0.29) is 17.4 Å². The van der Waals surface area contributed by atoms with E-state index in [1.54, 1.807) is 0 Å². The molecule has 16 heavy (non-hydrogen) atoms. The van der Waals surface area contributed by atoms with Crippen LogP contribution in [0.2, 0.25) is 0 Å². The fourth-order valence-corrected chi connectivity index (χ4v) is 1.67. The maximum atomic E-state index is 11.4. The Morgan fingerprint density at radius 3 is 2.44 bits per heavy atom. The fraction of sp³-hybridized carbons (Fsp3) is 0.923.